The smallest absolute Gasteiger partial charge is 0.293 e. The highest BCUT2D eigenvalue weighted by Crippen LogP contribution is 2.34. The Kier molecular flexibility index (Phi) is 5.33. The van der Waals surface area contributed by atoms with Crippen LogP contribution in [0.4, 0.5) is 4.79 Å². The van der Waals surface area contributed by atoms with E-state index in [1.165, 1.54) is 18.1 Å². The van der Waals surface area contributed by atoms with E-state index in [0.29, 0.717) is 16.2 Å². The van der Waals surface area contributed by atoms with Crippen molar-refractivity contribution in [3.63, 3.8) is 0 Å². The Morgan fingerprint density at radius 3 is 2.60 bits per heavy atom. The summed E-state index contributed by atoms with van der Waals surface area (Å²) in [5, 5.41) is 9.34. The zero-order valence-corrected chi connectivity index (χ0v) is 16.2. The minimum Gasteiger partial charge on any atom is -0.504 e. The van der Waals surface area contributed by atoms with E-state index in [-0.39, 0.29) is 23.4 Å². The van der Waals surface area contributed by atoms with Gasteiger partial charge in [-0.1, -0.05) is 18.2 Å². The summed E-state index contributed by atoms with van der Waals surface area (Å²) in [7, 11) is 1.45. The summed E-state index contributed by atoms with van der Waals surface area (Å²) >= 11 is 3.11. The summed E-state index contributed by atoms with van der Waals surface area (Å²) in [4.78, 5) is 26.3. The number of nitrogens with zero attached hydrogens (tertiary/aromatic N) is 1. The van der Waals surface area contributed by atoms with Gasteiger partial charge in [0.1, 0.15) is 0 Å². The zero-order valence-electron chi connectivity index (χ0n) is 13.2. The quantitative estimate of drug-likeness (QED) is 0.539. The first-order valence-corrected chi connectivity index (χ1v) is 9.24. The second-order valence-corrected chi connectivity index (χ2v) is 7.56. The first-order chi connectivity index (χ1) is 12.0. The average Bonchev–Trinajstić information content (AvgIpc) is 2.86. The molecular weight excluding hydrogens is 453 g/mol. The van der Waals surface area contributed by atoms with Crippen LogP contribution < -0.4 is 4.74 Å². The van der Waals surface area contributed by atoms with Crippen LogP contribution in [-0.2, 0) is 11.3 Å². The van der Waals surface area contributed by atoms with Crippen LogP contribution in [0.2, 0.25) is 0 Å². The molecule has 3 rings (SSSR count). The summed E-state index contributed by atoms with van der Waals surface area (Å²) in [6, 6.07) is 12.4. The van der Waals surface area contributed by atoms with Crippen LogP contribution in [0.5, 0.6) is 11.5 Å². The third-order valence-corrected chi connectivity index (χ3v) is 5.26. The maximum Gasteiger partial charge on any atom is 0.293 e. The van der Waals surface area contributed by atoms with Crippen molar-refractivity contribution in [1.82, 2.24) is 4.90 Å². The van der Waals surface area contributed by atoms with Crippen molar-refractivity contribution >= 4 is 51.6 Å². The number of methoxy groups -OCH3 is 1. The van der Waals surface area contributed by atoms with E-state index in [0.717, 1.165) is 20.9 Å². The molecule has 25 heavy (non-hydrogen) atoms. The van der Waals surface area contributed by atoms with E-state index in [1.807, 2.05) is 24.3 Å². The standard InChI is InChI=1S/C18H14INO4S/c1-24-15-8-12(4-7-14(15)21)9-16-17(22)20(18(23)25-16)10-11-2-5-13(19)6-3-11/h2-9,21H,10H2,1H3/b16-9-. The number of carbonyl (C=O) groups excluding carboxylic acids is 2. The first-order valence-electron chi connectivity index (χ1n) is 7.35. The van der Waals surface area contributed by atoms with E-state index in [2.05, 4.69) is 22.6 Å². The number of aromatic hydroxyl groups is 1. The number of phenols is 1. The molecule has 0 unspecified atom stereocenters. The van der Waals surface area contributed by atoms with Gasteiger partial charge in [-0.25, -0.2) is 0 Å². The van der Waals surface area contributed by atoms with Crippen LogP contribution in [0.15, 0.2) is 47.4 Å². The lowest BCUT2D eigenvalue weighted by molar-refractivity contribution is -0.123. The van der Waals surface area contributed by atoms with E-state index in [1.54, 1.807) is 18.2 Å². The molecule has 1 N–H and O–H groups in total. The highest BCUT2D eigenvalue weighted by atomic mass is 127. The van der Waals surface area contributed by atoms with E-state index in [4.69, 9.17) is 4.74 Å². The molecule has 0 bridgehead atoms. The van der Waals surface area contributed by atoms with Crippen LogP contribution >= 0.6 is 34.4 Å². The number of hydrogen-bond acceptors (Lipinski definition) is 5. The number of thioether (sulfide) groups is 1. The Hall–Kier alpha value is -2.00. The Labute approximate surface area is 162 Å². The zero-order chi connectivity index (χ0) is 18.0. The van der Waals surface area contributed by atoms with Gasteiger partial charge in [-0.3, -0.25) is 14.5 Å². The van der Waals surface area contributed by atoms with Crippen LogP contribution in [0.1, 0.15) is 11.1 Å². The van der Waals surface area contributed by atoms with Crippen molar-refractivity contribution < 1.29 is 19.4 Å². The van der Waals surface area contributed by atoms with Crippen LogP contribution in [0.3, 0.4) is 0 Å². The first kappa shape index (κ1) is 17.8. The van der Waals surface area contributed by atoms with Gasteiger partial charge in [0.25, 0.3) is 11.1 Å². The van der Waals surface area contributed by atoms with Gasteiger partial charge in [0.15, 0.2) is 11.5 Å². The average molecular weight is 467 g/mol. The van der Waals surface area contributed by atoms with E-state index >= 15 is 0 Å². The summed E-state index contributed by atoms with van der Waals surface area (Å²) < 4.78 is 6.15. The second-order valence-electron chi connectivity index (χ2n) is 5.33. The molecule has 1 saturated heterocycles. The number of halogens is 1. The Morgan fingerprint density at radius 1 is 1.20 bits per heavy atom. The summed E-state index contributed by atoms with van der Waals surface area (Å²) in [6.07, 6.45) is 1.63. The SMILES string of the molecule is COc1cc(/C=C2\SC(=O)N(Cc3ccc(I)cc3)C2=O)ccc1O. The highest BCUT2D eigenvalue weighted by Gasteiger charge is 2.34. The molecule has 2 aromatic carbocycles. The normalized spacial score (nSPS) is 15.9. The molecule has 0 spiro atoms. The summed E-state index contributed by atoms with van der Waals surface area (Å²) in [5.41, 5.74) is 1.57. The minimum atomic E-state index is -0.319. The van der Waals surface area contributed by atoms with Gasteiger partial charge in [-0.05, 0) is 75.8 Å². The van der Waals surface area contributed by atoms with Crippen LogP contribution in [0, 0.1) is 3.57 Å². The van der Waals surface area contributed by atoms with Gasteiger partial charge in [0, 0.05) is 3.57 Å². The van der Waals surface area contributed by atoms with E-state index in [9.17, 15) is 14.7 Å². The third-order valence-electron chi connectivity index (χ3n) is 3.63. The second kappa shape index (κ2) is 7.49. The van der Waals surface area contributed by atoms with Crippen molar-refractivity contribution in [3.05, 3.63) is 62.1 Å². The fourth-order valence-electron chi connectivity index (χ4n) is 2.34. The molecule has 0 saturated carbocycles. The number of rotatable bonds is 4. The molecule has 1 aliphatic rings. The van der Waals surface area contributed by atoms with Crippen molar-refractivity contribution in [1.29, 1.82) is 0 Å². The molecule has 2 aromatic rings. The van der Waals surface area contributed by atoms with Gasteiger partial charge in [-0.2, -0.15) is 0 Å². The van der Waals surface area contributed by atoms with Crippen molar-refractivity contribution in [2.75, 3.05) is 7.11 Å². The molecule has 1 fully saturated rings. The molecule has 5 nitrogen and oxygen atoms in total. The highest BCUT2D eigenvalue weighted by molar-refractivity contribution is 14.1. The number of carbonyl (C=O) groups is 2. The molecule has 0 aromatic heterocycles. The Morgan fingerprint density at radius 2 is 1.92 bits per heavy atom. The number of benzene rings is 2. The predicted octanol–water partition coefficient (Wildman–Crippen LogP) is 4.24. The molecule has 0 aliphatic carbocycles. The molecule has 2 amide bonds. The number of phenolic OH excluding ortho intramolecular Hbond substituents is 1. The fourth-order valence-corrected chi connectivity index (χ4v) is 3.54. The minimum absolute atomic E-state index is 0.0199. The van der Waals surface area contributed by atoms with Gasteiger partial charge in [-0.15, -0.1) is 0 Å². The number of amides is 2. The Balaban J connectivity index is 1.82. The van der Waals surface area contributed by atoms with Gasteiger partial charge in [0.05, 0.1) is 18.6 Å². The van der Waals surface area contributed by atoms with Crippen LogP contribution in [0.25, 0.3) is 6.08 Å². The van der Waals surface area contributed by atoms with Gasteiger partial charge >= 0.3 is 0 Å². The largest absolute Gasteiger partial charge is 0.504 e. The molecule has 0 atom stereocenters. The lowest BCUT2D eigenvalue weighted by Crippen LogP contribution is -2.27. The summed E-state index contributed by atoms with van der Waals surface area (Å²) in [5.74, 6) is 0.0129. The Bertz CT molecular complexity index is 864. The topological polar surface area (TPSA) is 66.8 Å². The fraction of sp³-hybridized carbons (Fsp3) is 0.111. The third kappa shape index (κ3) is 3.98. The molecule has 1 aliphatic heterocycles. The van der Waals surface area contributed by atoms with Crippen molar-refractivity contribution in [3.8, 4) is 11.5 Å². The van der Waals surface area contributed by atoms with Crippen LogP contribution in [-0.4, -0.2) is 28.3 Å². The predicted molar refractivity (Wildman–Crippen MR) is 105 cm³/mol. The van der Waals surface area contributed by atoms with E-state index < -0.39 is 0 Å². The number of hydrogen-bond donors (Lipinski definition) is 1. The molecule has 128 valence electrons. The van der Waals surface area contributed by atoms with Crippen molar-refractivity contribution in [2.45, 2.75) is 6.54 Å². The maximum absolute atomic E-state index is 12.5. The molecule has 1 heterocycles. The lowest BCUT2D eigenvalue weighted by Gasteiger charge is -2.12. The van der Waals surface area contributed by atoms with Gasteiger partial charge < -0.3 is 9.84 Å². The maximum atomic E-state index is 12.5. The number of imide groups is 1. The monoisotopic (exact) mass is 467 g/mol. The van der Waals surface area contributed by atoms with Crippen molar-refractivity contribution in [2.24, 2.45) is 0 Å². The number of ether oxygens (including phenoxy) is 1. The molecule has 0 radical (unpaired) electrons. The van der Waals surface area contributed by atoms with Gasteiger partial charge in [0.2, 0.25) is 0 Å². The lowest BCUT2D eigenvalue weighted by atomic mass is 10.1. The summed E-state index contributed by atoms with van der Waals surface area (Å²) in [6.45, 7) is 0.248. The molecular formula is C18H14INO4S. The molecule has 7 heteroatoms.